The lowest BCUT2D eigenvalue weighted by Crippen LogP contribution is -2.19. The maximum absolute atomic E-state index is 5.82. The summed E-state index contributed by atoms with van der Waals surface area (Å²) < 4.78 is 5.82. The van der Waals surface area contributed by atoms with Crippen LogP contribution in [0.15, 0.2) is 36.5 Å². The van der Waals surface area contributed by atoms with Crippen LogP contribution in [0.1, 0.15) is 19.8 Å². The van der Waals surface area contributed by atoms with Crippen LogP contribution in [-0.4, -0.2) is 23.7 Å². The van der Waals surface area contributed by atoms with Crippen molar-refractivity contribution < 1.29 is 4.74 Å². The molecule has 0 saturated carbocycles. The number of benzene rings is 1. The third kappa shape index (κ3) is 2.31. The lowest BCUT2D eigenvalue weighted by Gasteiger charge is -2.14. The number of aromatic nitrogens is 1. The average Bonchev–Trinajstić information content (AvgIpc) is 2.82. The van der Waals surface area contributed by atoms with E-state index in [0.717, 1.165) is 24.2 Å². The zero-order chi connectivity index (χ0) is 12.4. The van der Waals surface area contributed by atoms with E-state index < -0.39 is 0 Å². The maximum Gasteiger partial charge on any atom is 0.0751 e. The van der Waals surface area contributed by atoms with Gasteiger partial charge in [0.1, 0.15) is 0 Å². The van der Waals surface area contributed by atoms with E-state index in [1.807, 2.05) is 24.4 Å². The topological polar surface area (TPSA) is 34.2 Å². The number of hydrogen-bond acceptors (Lipinski definition) is 3. The number of anilines is 1. The van der Waals surface area contributed by atoms with Crippen molar-refractivity contribution in [1.82, 2.24) is 4.98 Å². The highest BCUT2D eigenvalue weighted by Gasteiger charge is 2.21. The van der Waals surface area contributed by atoms with Crippen LogP contribution in [0.3, 0.4) is 0 Å². The van der Waals surface area contributed by atoms with E-state index in [9.17, 15) is 0 Å². The summed E-state index contributed by atoms with van der Waals surface area (Å²) in [7, 11) is 0. The van der Waals surface area contributed by atoms with Gasteiger partial charge in [-0.1, -0.05) is 6.07 Å². The normalized spacial score (nSPS) is 23.4. The van der Waals surface area contributed by atoms with Gasteiger partial charge in [0.2, 0.25) is 0 Å². The smallest absolute Gasteiger partial charge is 0.0751 e. The molecule has 1 N–H and O–H groups in total. The lowest BCUT2D eigenvalue weighted by molar-refractivity contribution is 0.0637. The third-order valence-corrected chi connectivity index (χ3v) is 3.49. The van der Waals surface area contributed by atoms with Crippen molar-refractivity contribution in [3.63, 3.8) is 0 Å². The first-order chi connectivity index (χ1) is 8.83. The van der Waals surface area contributed by atoms with E-state index in [2.05, 4.69) is 29.4 Å². The number of nitrogens with one attached hydrogen (secondary N) is 1. The van der Waals surface area contributed by atoms with Crippen LogP contribution in [0.4, 0.5) is 5.69 Å². The Bertz CT molecular complexity index is 536. The van der Waals surface area contributed by atoms with Gasteiger partial charge in [-0.3, -0.25) is 4.98 Å². The highest BCUT2D eigenvalue weighted by molar-refractivity contribution is 5.91. The second-order valence-electron chi connectivity index (χ2n) is 4.90. The van der Waals surface area contributed by atoms with Gasteiger partial charge in [-0.05, 0) is 44.0 Å². The van der Waals surface area contributed by atoms with E-state index in [1.165, 1.54) is 11.8 Å². The molecule has 0 aliphatic carbocycles. The summed E-state index contributed by atoms with van der Waals surface area (Å²) in [5, 5.41) is 4.66. The zero-order valence-corrected chi connectivity index (χ0v) is 10.6. The molecule has 3 rings (SSSR count). The molecule has 2 atom stereocenters. The van der Waals surface area contributed by atoms with Crippen LogP contribution in [0.2, 0.25) is 0 Å². The van der Waals surface area contributed by atoms with E-state index in [4.69, 9.17) is 4.74 Å². The zero-order valence-electron chi connectivity index (χ0n) is 10.6. The van der Waals surface area contributed by atoms with Gasteiger partial charge in [-0.25, -0.2) is 0 Å². The molecular weight excluding hydrogens is 224 g/mol. The summed E-state index contributed by atoms with van der Waals surface area (Å²) in [6.07, 6.45) is 4.90. The maximum atomic E-state index is 5.82. The van der Waals surface area contributed by atoms with Crippen molar-refractivity contribution in [2.45, 2.75) is 32.0 Å². The van der Waals surface area contributed by atoms with Crippen molar-refractivity contribution in [2.75, 3.05) is 11.9 Å². The molecule has 0 bridgehead atoms. The van der Waals surface area contributed by atoms with Crippen molar-refractivity contribution in [3.05, 3.63) is 36.5 Å². The molecular formula is C15H18N2O. The number of hydrogen-bond donors (Lipinski definition) is 1. The monoisotopic (exact) mass is 242 g/mol. The summed E-state index contributed by atoms with van der Waals surface area (Å²) in [5.41, 5.74) is 2.17. The number of nitrogens with zero attached hydrogens (tertiary/aromatic N) is 1. The third-order valence-electron chi connectivity index (χ3n) is 3.49. The highest BCUT2D eigenvalue weighted by Crippen LogP contribution is 2.23. The number of pyridine rings is 1. The van der Waals surface area contributed by atoms with E-state index >= 15 is 0 Å². The van der Waals surface area contributed by atoms with E-state index in [0.29, 0.717) is 12.2 Å². The molecule has 1 fully saturated rings. The number of ether oxygens (including phenoxy) is 1. The van der Waals surface area contributed by atoms with Crippen molar-refractivity contribution in [1.29, 1.82) is 0 Å². The van der Waals surface area contributed by atoms with Gasteiger partial charge in [-0.2, -0.15) is 0 Å². The van der Waals surface area contributed by atoms with Gasteiger partial charge in [-0.15, -0.1) is 0 Å². The van der Waals surface area contributed by atoms with Gasteiger partial charge < -0.3 is 10.1 Å². The standard InChI is InChI=1S/C15H18N2O/c1-11-7-8-12(18-11)10-17-15-6-2-5-14-13(15)4-3-9-16-14/h2-6,9,11-12,17H,7-8,10H2,1H3. The SMILES string of the molecule is CC1CCC(CNc2cccc3ncccc23)O1. The predicted octanol–water partition coefficient (Wildman–Crippen LogP) is 3.21. The van der Waals surface area contributed by atoms with E-state index in [-0.39, 0.29) is 0 Å². The molecule has 1 aromatic carbocycles. The Labute approximate surface area is 107 Å². The summed E-state index contributed by atoms with van der Waals surface area (Å²) in [6.45, 7) is 3.01. The van der Waals surface area contributed by atoms with Crippen LogP contribution in [-0.2, 0) is 4.74 Å². The molecule has 3 heteroatoms. The minimum Gasteiger partial charge on any atom is -0.382 e. The number of rotatable bonds is 3. The van der Waals surface area contributed by atoms with Gasteiger partial charge in [0.05, 0.1) is 17.7 Å². The molecule has 1 aromatic heterocycles. The Kier molecular flexibility index (Phi) is 3.15. The van der Waals surface area contributed by atoms with Gasteiger partial charge >= 0.3 is 0 Å². The summed E-state index contributed by atoms with van der Waals surface area (Å²) in [5.74, 6) is 0. The molecule has 3 nitrogen and oxygen atoms in total. The van der Waals surface area contributed by atoms with Gasteiger partial charge in [0.25, 0.3) is 0 Å². The quantitative estimate of drug-likeness (QED) is 0.897. The first kappa shape index (κ1) is 11.5. The summed E-state index contributed by atoms with van der Waals surface area (Å²) in [4.78, 5) is 4.36. The Morgan fingerprint density at radius 3 is 3.06 bits per heavy atom. The molecule has 2 unspecified atom stereocenters. The molecule has 0 radical (unpaired) electrons. The molecule has 94 valence electrons. The fourth-order valence-electron chi connectivity index (χ4n) is 2.52. The van der Waals surface area contributed by atoms with Crippen LogP contribution in [0, 0.1) is 0 Å². The molecule has 2 aromatic rings. The fourth-order valence-corrected chi connectivity index (χ4v) is 2.52. The Morgan fingerprint density at radius 1 is 1.28 bits per heavy atom. The minimum absolute atomic E-state index is 0.340. The predicted molar refractivity (Wildman–Crippen MR) is 73.8 cm³/mol. The van der Waals surface area contributed by atoms with E-state index in [1.54, 1.807) is 0 Å². The highest BCUT2D eigenvalue weighted by atomic mass is 16.5. The second-order valence-corrected chi connectivity index (χ2v) is 4.90. The summed E-state index contributed by atoms with van der Waals surface area (Å²) in [6, 6.07) is 10.2. The van der Waals surface area contributed by atoms with Crippen LogP contribution < -0.4 is 5.32 Å². The number of fused-ring (bicyclic) bond motifs is 1. The van der Waals surface area contributed by atoms with Crippen LogP contribution >= 0.6 is 0 Å². The molecule has 1 saturated heterocycles. The lowest BCUT2D eigenvalue weighted by atomic mass is 10.1. The van der Waals surface area contributed by atoms with Crippen molar-refractivity contribution >= 4 is 16.6 Å². The molecule has 0 amide bonds. The Morgan fingerprint density at radius 2 is 2.22 bits per heavy atom. The van der Waals surface area contributed by atoms with Crippen LogP contribution in [0.25, 0.3) is 10.9 Å². The molecule has 1 aliphatic heterocycles. The largest absolute Gasteiger partial charge is 0.382 e. The molecule has 1 aliphatic rings. The first-order valence-electron chi connectivity index (χ1n) is 6.56. The van der Waals surface area contributed by atoms with Crippen LogP contribution in [0.5, 0.6) is 0 Å². The summed E-state index contributed by atoms with van der Waals surface area (Å²) >= 11 is 0. The minimum atomic E-state index is 0.340. The molecule has 2 heterocycles. The Hall–Kier alpha value is -1.61. The van der Waals surface area contributed by atoms with Gasteiger partial charge in [0, 0.05) is 23.8 Å². The average molecular weight is 242 g/mol. The van der Waals surface area contributed by atoms with Gasteiger partial charge in [0.15, 0.2) is 0 Å². The molecule has 0 spiro atoms. The van der Waals surface area contributed by atoms with Crippen molar-refractivity contribution in [3.8, 4) is 0 Å². The second kappa shape index (κ2) is 4.94. The Balaban J connectivity index is 1.74. The fraction of sp³-hybridized carbons (Fsp3) is 0.400. The van der Waals surface area contributed by atoms with Crippen molar-refractivity contribution in [2.24, 2.45) is 0 Å². The first-order valence-corrected chi connectivity index (χ1v) is 6.56. The molecule has 18 heavy (non-hydrogen) atoms.